The van der Waals surface area contributed by atoms with Crippen LogP contribution in [-0.2, 0) is 6.54 Å². The van der Waals surface area contributed by atoms with Gasteiger partial charge in [0.05, 0.1) is 0 Å². The molecule has 2 rings (SSSR count). The summed E-state index contributed by atoms with van der Waals surface area (Å²) in [6, 6.07) is 8.79. The molecular weight excluding hydrogens is 220 g/mol. The van der Waals surface area contributed by atoms with Gasteiger partial charge in [0.25, 0.3) is 0 Å². The van der Waals surface area contributed by atoms with Crippen LogP contribution in [0.4, 0.5) is 0 Å². The largest absolute Gasteiger partial charge is 0.313 e. The zero-order chi connectivity index (χ0) is 11.4. The lowest BCUT2D eigenvalue weighted by Gasteiger charge is -2.21. The first-order valence-electron chi connectivity index (χ1n) is 5.90. The monoisotopic (exact) mass is 238 g/mol. The Bertz CT molecular complexity index is 317. The number of hydrogen-bond acceptors (Lipinski definition) is 2. The standard InChI is InChI=1S/C13H19ClN2/c1-16(10-13-3-2-8-15-13)9-11-4-6-12(14)7-5-11/h4-7,13,15H,2-3,8-10H2,1H3/t13-/m1/s1. The number of nitrogens with zero attached hydrogens (tertiary/aromatic N) is 1. The zero-order valence-corrected chi connectivity index (χ0v) is 10.5. The summed E-state index contributed by atoms with van der Waals surface area (Å²) in [5, 5.41) is 4.33. The van der Waals surface area contributed by atoms with Gasteiger partial charge >= 0.3 is 0 Å². The summed E-state index contributed by atoms with van der Waals surface area (Å²) in [5.74, 6) is 0. The van der Waals surface area contributed by atoms with Crippen molar-refractivity contribution >= 4 is 11.6 Å². The lowest BCUT2D eigenvalue weighted by atomic mass is 10.2. The molecule has 0 spiro atoms. The SMILES string of the molecule is CN(Cc1ccc(Cl)cc1)C[C@H]1CCCN1. The Labute approximate surface area is 103 Å². The average Bonchev–Trinajstić information content (AvgIpc) is 2.74. The molecule has 0 radical (unpaired) electrons. The summed E-state index contributed by atoms with van der Waals surface area (Å²) in [6.45, 7) is 3.30. The third-order valence-electron chi connectivity index (χ3n) is 3.06. The normalized spacial score (nSPS) is 20.6. The number of hydrogen-bond donors (Lipinski definition) is 1. The van der Waals surface area contributed by atoms with E-state index < -0.39 is 0 Å². The van der Waals surface area contributed by atoms with E-state index in [-0.39, 0.29) is 0 Å². The van der Waals surface area contributed by atoms with Crippen LogP contribution in [0, 0.1) is 0 Å². The van der Waals surface area contributed by atoms with Gasteiger partial charge in [-0.05, 0) is 44.1 Å². The molecule has 1 N–H and O–H groups in total. The van der Waals surface area contributed by atoms with E-state index in [1.807, 2.05) is 12.1 Å². The quantitative estimate of drug-likeness (QED) is 0.867. The number of likely N-dealkylation sites (N-methyl/N-ethyl adjacent to an activating group) is 1. The summed E-state index contributed by atoms with van der Waals surface area (Å²) in [7, 11) is 2.18. The molecule has 1 heterocycles. The van der Waals surface area contributed by atoms with E-state index in [0.717, 1.165) is 18.1 Å². The van der Waals surface area contributed by atoms with Crippen molar-refractivity contribution in [3.8, 4) is 0 Å². The third-order valence-corrected chi connectivity index (χ3v) is 3.31. The van der Waals surface area contributed by atoms with Gasteiger partial charge in [-0.15, -0.1) is 0 Å². The molecule has 0 amide bonds. The second kappa shape index (κ2) is 5.67. The summed E-state index contributed by atoms with van der Waals surface area (Å²) in [6.07, 6.45) is 2.63. The predicted molar refractivity (Wildman–Crippen MR) is 68.8 cm³/mol. The highest BCUT2D eigenvalue weighted by molar-refractivity contribution is 6.30. The average molecular weight is 239 g/mol. The minimum absolute atomic E-state index is 0.678. The minimum atomic E-state index is 0.678. The Morgan fingerprint density at radius 1 is 1.38 bits per heavy atom. The topological polar surface area (TPSA) is 15.3 Å². The van der Waals surface area contributed by atoms with Crippen LogP contribution in [0.5, 0.6) is 0 Å². The fourth-order valence-corrected chi connectivity index (χ4v) is 2.38. The second-order valence-electron chi connectivity index (χ2n) is 4.62. The van der Waals surface area contributed by atoms with E-state index in [1.165, 1.54) is 24.9 Å². The molecule has 0 saturated carbocycles. The number of halogens is 1. The summed E-state index contributed by atoms with van der Waals surface area (Å²) in [4.78, 5) is 2.37. The molecule has 2 nitrogen and oxygen atoms in total. The predicted octanol–water partition coefficient (Wildman–Crippen LogP) is 2.52. The van der Waals surface area contributed by atoms with Gasteiger partial charge in [-0.2, -0.15) is 0 Å². The van der Waals surface area contributed by atoms with E-state index in [0.29, 0.717) is 6.04 Å². The smallest absolute Gasteiger partial charge is 0.0406 e. The molecule has 1 aliphatic rings. The highest BCUT2D eigenvalue weighted by Crippen LogP contribution is 2.12. The Balaban J connectivity index is 1.81. The molecule has 0 aliphatic carbocycles. The lowest BCUT2D eigenvalue weighted by molar-refractivity contribution is 0.293. The molecule has 1 fully saturated rings. The molecule has 1 aromatic carbocycles. The molecule has 88 valence electrons. The first kappa shape index (κ1) is 11.9. The van der Waals surface area contributed by atoms with Gasteiger partial charge < -0.3 is 10.2 Å². The van der Waals surface area contributed by atoms with Crippen LogP contribution in [-0.4, -0.2) is 31.1 Å². The second-order valence-corrected chi connectivity index (χ2v) is 5.05. The van der Waals surface area contributed by atoms with Crippen molar-refractivity contribution in [3.05, 3.63) is 34.9 Å². The summed E-state index contributed by atoms with van der Waals surface area (Å²) >= 11 is 5.86. The zero-order valence-electron chi connectivity index (χ0n) is 9.75. The van der Waals surface area contributed by atoms with Gasteiger partial charge in [0.1, 0.15) is 0 Å². The van der Waals surface area contributed by atoms with Crippen molar-refractivity contribution in [1.29, 1.82) is 0 Å². The lowest BCUT2D eigenvalue weighted by Crippen LogP contribution is -2.34. The minimum Gasteiger partial charge on any atom is -0.313 e. The Morgan fingerprint density at radius 3 is 2.75 bits per heavy atom. The maximum Gasteiger partial charge on any atom is 0.0406 e. The fraction of sp³-hybridized carbons (Fsp3) is 0.538. The van der Waals surface area contributed by atoms with Gasteiger partial charge in [-0.25, -0.2) is 0 Å². The molecule has 1 aromatic rings. The highest BCUT2D eigenvalue weighted by Gasteiger charge is 2.15. The molecule has 3 heteroatoms. The van der Waals surface area contributed by atoms with Crippen LogP contribution in [0.15, 0.2) is 24.3 Å². The molecule has 0 unspecified atom stereocenters. The number of rotatable bonds is 4. The van der Waals surface area contributed by atoms with E-state index >= 15 is 0 Å². The Kier molecular flexibility index (Phi) is 4.22. The van der Waals surface area contributed by atoms with Gasteiger partial charge in [-0.1, -0.05) is 23.7 Å². The van der Waals surface area contributed by atoms with Gasteiger partial charge in [-0.3, -0.25) is 0 Å². The van der Waals surface area contributed by atoms with Crippen LogP contribution in [0.2, 0.25) is 5.02 Å². The van der Waals surface area contributed by atoms with E-state index in [2.05, 4.69) is 29.4 Å². The van der Waals surface area contributed by atoms with E-state index in [1.54, 1.807) is 0 Å². The van der Waals surface area contributed by atoms with Crippen LogP contribution >= 0.6 is 11.6 Å². The Hall–Kier alpha value is -0.570. The molecular formula is C13H19ClN2. The maximum absolute atomic E-state index is 5.86. The van der Waals surface area contributed by atoms with Crippen molar-refractivity contribution in [3.63, 3.8) is 0 Å². The maximum atomic E-state index is 5.86. The van der Waals surface area contributed by atoms with Crippen molar-refractivity contribution in [1.82, 2.24) is 10.2 Å². The van der Waals surface area contributed by atoms with Crippen LogP contribution in [0.1, 0.15) is 18.4 Å². The van der Waals surface area contributed by atoms with Crippen molar-refractivity contribution in [2.75, 3.05) is 20.1 Å². The number of nitrogens with one attached hydrogen (secondary N) is 1. The molecule has 1 saturated heterocycles. The molecule has 1 aliphatic heterocycles. The van der Waals surface area contributed by atoms with Gasteiger partial charge in [0.15, 0.2) is 0 Å². The Morgan fingerprint density at radius 2 is 2.12 bits per heavy atom. The van der Waals surface area contributed by atoms with Crippen molar-refractivity contribution in [2.24, 2.45) is 0 Å². The molecule has 0 bridgehead atoms. The van der Waals surface area contributed by atoms with Crippen molar-refractivity contribution in [2.45, 2.75) is 25.4 Å². The van der Waals surface area contributed by atoms with Crippen LogP contribution in [0.3, 0.4) is 0 Å². The summed E-state index contributed by atoms with van der Waals surface area (Å²) in [5.41, 5.74) is 1.32. The van der Waals surface area contributed by atoms with E-state index in [9.17, 15) is 0 Å². The van der Waals surface area contributed by atoms with Crippen LogP contribution < -0.4 is 5.32 Å². The first-order valence-corrected chi connectivity index (χ1v) is 6.28. The van der Waals surface area contributed by atoms with E-state index in [4.69, 9.17) is 11.6 Å². The highest BCUT2D eigenvalue weighted by atomic mass is 35.5. The molecule has 0 aromatic heterocycles. The first-order chi connectivity index (χ1) is 7.74. The molecule has 1 atom stereocenters. The molecule has 16 heavy (non-hydrogen) atoms. The van der Waals surface area contributed by atoms with Gasteiger partial charge in [0, 0.05) is 24.2 Å². The van der Waals surface area contributed by atoms with Crippen molar-refractivity contribution < 1.29 is 0 Å². The van der Waals surface area contributed by atoms with Gasteiger partial charge in [0.2, 0.25) is 0 Å². The van der Waals surface area contributed by atoms with Crippen LogP contribution in [0.25, 0.3) is 0 Å². The number of benzene rings is 1. The summed E-state index contributed by atoms with van der Waals surface area (Å²) < 4.78 is 0. The third kappa shape index (κ3) is 3.48. The fourth-order valence-electron chi connectivity index (χ4n) is 2.25.